The topological polar surface area (TPSA) is 13.1 Å². The van der Waals surface area contributed by atoms with Crippen LogP contribution in [0, 0.1) is 0 Å². The van der Waals surface area contributed by atoms with Crippen molar-refractivity contribution in [3.63, 3.8) is 0 Å². The molecule has 1 heteroatoms. The van der Waals surface area contributed by atoms with Gasteiger partial charge in [-0.25, -0.2) is 0 Å². The highest BCUT2D eigenvalue weighted by Gasteiger charge is 2.06. The van der Waals surface area contributed by atoms with E-state index in [0.29, 0.717) is 0 Å². The number of aryl methyl sites for hydroxylation is 1. The van der Waals surface area contributed by atoms with Crippen LogP contribution in [-0.4, -0.2) is 0 Å². The second-order valence-corrected chi connectivity index (χ2v) is 4.13. The zero-order chi connectivity index (χ0) is 11.2. The van der Waals surface area contributed by atoms with Crippen molar-refractivity contribution < 1.29 is 4.42 Å². The largest absolute Gasteiger partial charge is 0.472 e. The highest BCUT2D eigenvalue weighted by atomic mass is 16.3. The summed E-state index contributed by atoms with van der Waals surface area (Å²) in [5, 5.41) is 0. The average molecular weight is 214 g/mol. The molecule has 16 heavy (non-hydrogen) atoms. The first-order valence-electron chi connectivity index (χ1n) is 6.02. The Morgan fingerprint density at radius 2 is 1.81 bits per heavy atom. The van der Waals surface area contributed by atoms with E-state index in [4.69, 9.17) is 4.42 Å². The Kier molecular flexibility index (Phi) is 3.81. The normalized spacial score (nSPS) is 10.6. The van der Waals surface area contributed by atoms with Gasteiger partial charge in [0.15, 0.2) is 0 Å². The van der Waals surface area contributed by atoms with Gasteiger partial charge in [0.2, 0.25) is 0 Å². The van der Waals surface area contributed by atoms with E-state index >= 15 is 0 Å². The number of hydrogen-bond donors (Lipinski definition) is 0. The van der Waals surface area contributed by atoms with E-state index in [-0.39, 0.29) is 0 Å². The molecule has 0 aliphatic carbocycles. The summed E-state index contributed by atoms with van der Waals surface area (Å²) in [5.41, 5.74) is 3.83. The van der Waals surface area contributed by atoms with Crippen LogP contribution in [0.25, 0.3) is 11.1 Å². The lowest BCUT2D eigenvalue weighted by Gasteiger charge is -2.02. The van der Waals surface area contributed by atoms with Crippen LogP contribution in [0.3, 0.4) is 0 Å². The molecule has 0 amide bonds. The molecule has 1 heterocycles. The quantitative estimate of drug-likeness (QED) is 0.659. The maximum Gasteiger partial charge on any atom is 0.0983 e. The van der Waals surface area contributed by atoms with Crippen molar-refractivity contribution in [3.8, 4) is 11.1 Å². The molecule has 0 aliphatic rings. The third-order valence-corrected chi connectivity index (χ3v) is 2.88. The molecule has 0 spiro atoms. The SMILES string of the molecule is CCCCCc1cocc1-c1ccccc1. The Morgan fingerprint density at radius 3 is 2.56 bits per heavy atom. The molecule has 0 aliphatic heterocycles. The highest BCUT2D eigenvalue weighted by molar-refractivity contribution is 5.65. The summed E-state index contributed by atoms with van der Waals surface area (Å²) >= 11 is 0. The first kappa shape index (κ1) is 11.0. The van der Waals surface area contributed by atoms with Crippen molar-refractivity contribution in [2.24, 2.45) is 0 Å². The first-order valence-corrected chi connectivity index (χ1v) is 6.02. The molecule has 0 N–H and O–H groups in total. The highest BCUT2D eigenvalue weighted by Crippen LogP contribution is 2.25. The minimum absolute atomic E-state index is 1.12. The van der Waals surface area contributed by atoms with Gasteiger partial charge < -0.3 is 4.42 Å². The van der Waals surface area contributed by atoms with Crippen molar-refractivity contribution in [1.82, 2.24) is 0 Å². The Morgan fingerprint density at radius 1 is 1.00 bits per heavy atom. The lowest BCUT2D eigenvalue weighted by molar-refractivity contribution is 0.562. The van der Waals surface area contributed by atoms with Crippen LogP contribution in [0.15, 0.2) is 47.3 Å². The van der Waals surface area contributed by atoms with Crippen molar-refractivity contribution in [3.05, 3.63) is 48.4 Å². The molecule has 0 bridgehead atoms. The van der Waals surface area contributed by atoms with Crippen LogP contribution < -0.4 is 0 Å². The minimum atomic E-state index is 1.12. The van der Waals surface area contributed by atoms with Crippen LogP contribution in [-0.2, 0) is 6.42 Å². The van der Waals surface area contributed by atoms with Gasteiger partial charge in [0.25, 0.3) is 0 Å². The van der Waals surface area contributed by atoms with Crippen molar-refractivity contribution in [1.29, 1.82) is 0 Å². The molecule has 1 nitrogen and oxygen atoms in total. The Balaban J connectivity index is 2.13. The minimum Gasteiger partial charge on any atom is -0.472 e. The molecule has 0 radical (unpaired) electrons. The van der Waals surface area contributed by atoms with Crippen molar-refractivity contribution in [2.75, 3.05) is 0 Å². The Bertz CT molecular complexity index is 414. The van der Waals surface area contributed by atoms with Crippen LogP contribution in [0.2, 0.25) is 0 Å². The summed E-state index contributed by atoms with van der Waals surface area (Å²) in [6.07, 6.45) is 8.66. The number of rotatable bonds is 5. The second-order valence-electron chi connectivity index (χ2n) is 4.13. The number of unbranched alkanes of at least 4 members (excludes halogenated alkanes) is 2. The number of furan rings is 1. The molecule has 0 fully saturated rings. The van der Waals surface area contributed by atoms with Gasteiger partial charge in [-0.15, -0.1) is 0 Å². The average Bonchev–Trinajstić information content (AvgIpc) is 2.79. The van der Waals surface area contributed by atoms with Crippen molar-refractivity contribution in [2.45, 2.75) is 32.6 Å². The monoisotopic (exact) mass is 214 g/mol. The zero-order valence-corrected chi connectivity index (χ0v) is 9.78. The van der Waals surface area contributed by atoms with E-state index in [1.54, 1.807) is 0 Å². The summed E-state index contributed by atoms with van der Waals surface area (Å²) in [6, 6.07) is 10.4. The predicted octanol–water partition coefficient (Wildman–Crippen LogP) is 4.68. The molecule has 0 atom stereocenters. The van der Waals surface area contributed by atoms with Crippen LogP contribution in [0.5, 0.6) is 0 Å². The summed E-state index contributed by atoms with van der Waals surface area (Å²) in [5.74, 6) is 0. The third kappa shape index (κ3) is 2.54. The molecule has 2 rings (SSSR count). The van der Waals surface area contributed by atoms with Crippen LogP contribution >= 0.6 is 0 Å². The van der Waals surface area contributed by atoms with E-state index in [1.807, 2.05) is 18.6 Å². The van der Waals surface area contributed by atoms with E-state index in [1.165, 1.54) is 36.0 Å². The van der Waals surface area contributed by atoms with Gasteiger partial charge in [-0.2, -0.15) is 0 Å². The van der Waals surface area contributed by atoms with Gasteiger partial charge in [0, 0.05) is 5.56 Å². The van der Waals surface area contributed by atoms with E-state index in [0.717, 1.165) is 6.42 Å². The van der Waals surface area contributed by atoms with Gasteiger partial charge in [0.1, 0.15) is 0 Å². The maximum atomic E-state index is 5.33. The summed E-state index contributed by atoms with van der Waals surface area (Å²) in [6.45, 7) is 2.23. The zero-order valence-electron chi connectivity index (χ0n) is 9.78. The van der Waals surface area contributed by atoms with E-state index in [9.17, 15) is 0 Å². The smallest absolute Gasteiger partial charge is 0.0983 e. The predicted molar refractivity (Wildman–Crippen MR) is 67.4 cm³/mol. The van der Waals surface area contributed by atoms with Crippen molar-refractivity contribution >= 4 is 0 Å². The lowest BCUT2D eigenvalue weighted by atomic mass is 10.0. The Hall–Kier alpha value is -1.50. The van der Waals surface area contributed by atoms with Gasteiger partial charge in [-0.05, 0) is 24.0 Å². The summed E-state index contributed by atoms with van der Waals surface area (Å²) in [4.78, 5) is 0. The fraction of sp³-hybridized carbons (Fsp3) is 0.333. The van der Waals surface area contributed by atoms with Gasteiger partial charge in [-0.3, -0.25) is 0 Å². The standard InChI is InChI=1S/C15H18O/c1-2-3-5-10-14-11-16-12-15(14)13-8-6-4-7-9-13/h4,6-9,11-12H,2-3,5,10H2,1H3. The summed E-state index contributed by atoms with van der Waals surface area (Å²) < 4.78 is 5.33. The molecule has 0 saturated carbocycles. The molecule has 0 saturated heterocycles. The molecule has 0 unspecified atom stereocenters. The van der Waals surface area contributed by atoms with E-state index in [2.05, 4.69) is 31.2 Å². The lowest BCUT2D eigenvalue weighted by Crippen LogP contribution is -1.86. The maximum absolute atomic E-state index is 5.33. The number of benzene rings is 1. The first-order chi connectivity index (χ1) is 7.92. The Labute approximate surface area is 97.1 Å². The number of hydrogen-bond acceptors (Lipinski definition) is 1. The fourth-order valence-corrected chi connectivity index (χ4v) is 1.95. The van der Waals surface area contributed by atoms with Gasteiger partial charge >= 0.3 is 0 Å². The van der Waals surface area contributed by atoms with E-state index < -0.39 is 0 Å². The molecule has 1 aromatic heterocycles. The second kappa shape index (κ2) is 5.55. The molecule has 1 aromatic carbocycles. The third-order valence-electron chi connectivity index (χ3n) is 2.88. The summed E-state index contributed by atoms with van der Waals surface area (Å²) in [7, 11) is 0. The van der Waals surface area contributed by atoms with Crippen LogP contribution in [0.4, 0.5) is 0 Å². The van der Waals surface area contributed by atoms with Gasteiger partial charge in [-0.1, -0.05) is 50.1 Å². The van der Waals surface area contributed by atoms with Gasteiger partial charge in [0.05, 0.1) is 12.5 Å². The fourth-order valence-electron chi connectivity index (χ4n) is 1.95. The molecule has 2 aromatic rings. The molecular formula is C15H18O. The van der Waals surface area contributed by atoms with Crippen LogP contribution in [0.1, 0.15) is 31.7 Å². The molecule has 84 valence electrons. The molecular weight excluding hydrogens is 196 g/mol.